The molecule has 0 fully saturated rings. The molecule has 0 radical (unpaired) electrons. The van der Waals surface area contributed by atoms with Gasteiger partial charge in [-0.05, 0) is 47.2 Å². The minimum atomic E-state index is -0.457. The van der Waals surface area contributed by atoms with Crippen LogP contribution >= 0.6 is 0 Å². The van der Waals surface area contributed by atoms with Gasteiger partial charge in [0.1, 0.15) is 12.2 Å². The molecule has 0 aliphatic rings. The summed E-state index contributed by atoms with van der Waals surface area (Å²) in [6.07, 6.45) is 2.01. The number of carbonyl (C=O) groups excluding carboxylic acids is 2. The van der Waals surface area contributed by atoms with Gasteiger partial charge in [-0.25, -0.2) is 15.0 Å². The number of benzene rings is 3. The van der Waals surface area contributed by atoms with E-state index in [1.165, 1.54) is 6.33 Å². The fourth-order valence-electron chi connectivity index (χ4n) is 4.43. The number of aliphatic hydroxyl groups excluding tert-OH is 2. The van der Waals surface area contributed by atoms with Crippen LogP contribution in [0.2, 0.25) is 0 Å². The molecule has 0 aliphatic carbocycles. The lowest BCUT2D eigenvalue weighted by atomic mass is 9.86. The summed E-state index contributed by atoms with van der Waals surface area (Å²) in [6.45, 7) is 7.87. The molecule has 0 saturated carbocycles. The minimum absolute atomic E-state index is 0.0112. The third-order valence-electron chi connectivity index (χ3n) is 7.09. The molecular formula is C33H36N4O4. The molecular weight excluding hydrogens is 516 g/mol. The van der Waals surface area contributed by atoms with Gasteiger partial charge in [0.15, 0.2) is 11.6 Å². The highest BCUT2D eigenvalue weighted by Gasteiger charge is 2.17. The van der Waals surface area contributed by atoms with Crippen molar-refractivity contribution < 1.29 is 19.8 Å². The summed E-state index contributed by atoms with van der Waals surface area (Å²) in [4.78, 5) is 38.8. The van der Waals surface area contributed by atoms with Crippen LogP contribution < -0.4 is 5.32 Å². The van der Waals surface area contributed by atoms with Crippen LogP contribution in [0.3, 0.4) is 0 Å². The van der Waals surface area contributed by atoms with Crippen molar-refractivity contribution >= 4 is 17.4 Å². The van der Waals surface area contributed by atoms with Gasteiger partial charge >= 0.3 is 0 Å². The molecule has 4 rings (SSSR count). The number of nitrogens with zero attached hydrogens (tertiary/aromatic N) is 3. The SMILES string of the molecule is Cc1c(NC(=O)c2ccc(C(C)(C)C)cc2)cccc1-c1ncnc(Cc2ccc(C(=O)CC(CO)CO)cc2)n1. The fourth-order valence-corrected chi connectivity index (χ4v) is 4.43. The maximum Gasteiger partial charge on any atom is 0.255 e. The second-order valence-corrected chi connectivity index (χ2v) is 11.2. The van der Waals surface area contributed by atoms with Gasteiger partial charge in [-0.15, -0.1) is 0 Å². The number of carbonyl (C=O) groups is 2. The van der Waals surface area contributed by atoms with Crippen LogP contribution in [0, 0.1) is 12.8 Å². The van der Waals surface area contributed by atoms with Crippen LogP contribution in [-0.4, -0.2) is 50.1 Å². The van der Waals surface area contributed by atoms with Gasteiger partial charge in [0.25, 0.3) is 5.91 Å². The van der Waals surface area contributed by atoms with E-state index in [-0.39, 0.29) is 36.7 Å². The van der Waals surface area contributed by atoms with Crippen molar-refractivity contribution in [1.82, 2.24) is 15.0 Å². The molecule has 3 N–H and O–H groups in total. The fraction of sp³-hybridized carbons (Fsp3) is 0.303. The first-order valence-electron chi connectivity index (χ1n) is 13.6. The van der Waals surface area contributed by atoms with E-state index in [9.17, 15) is 19.8 Å². The van der Waals surface area contributed by atoms with Crippen molar-refractivity contribution in [3.8, 4) is 11.4 Å². The molecule has 0 atom stereocenters. The maximum absolute atomic E-state index is 13.0. The first-order valence-corrected chi connectivity index (χ1v) is 13.6. The average Bonchev–Trinajstić information content (AvgIpc) is 2.97. The standard InChI is InChI=1S/C33H36N4O4/c1-21-27(6-5-7-28(21)36-32(41)25-12-14-26(15-13-25)33(2,3)4)31-35-20-34-30(37-31)17-22-8-10-24(11-9-22)29(40)16-23(18-38)19-39/h5-15,20,23,38-39H,16-19H2,1-4H3,(H,36,41). The predicted octanol–water partition coefficient (Wildman–Crippen LogP) is 5.16. The van der Waals surface area contributed by atoms with Gasteiger partial charge < -0.3 is 15.5 Å². The van der Waals surface area contributed by atoms with Crippen molar-refractivity contribution in [3.63, 3.8) is 0 Å². The molecule has 212 valence electrons. The van der Waals surface area contributed by atoms with Crippen molar-refractivity contribution in [2.75, 3.05) is 18.5 Å². The zero-order valence-electron chi connectivity index (χ0n) is 23.9. The Bertz CT molecular complexity index is 1510. The van der Waals surface area contributed by atoms with Crippen molar-refractivity contribution in [2.45, 2.75) is 46.0 Å². The zero-order chi connectivity index (χ0) is 29.6. The number of hydrogen-bond donors (Lipinski definition) is 3. The Balaban J connectivity index is 1.47. The molecule has 1 aromatic heterocycles. The Morgan fingerprint density at radius 3 is 2.17 bits per heavy atom. The third kappa shape index (κ3) is 7.48. The van der Waals surface area contributed by atoms with Gasteiger partial charge in [-0.3, -0.25) is 9.59 Å². The molecule has 8 heteroatoms. The van der Waals surface area contributed by atoms with E-state index in [1.54, 1.807) is 12.1 Å². The van der Waals surface area contributed by atoms with E-state index in [0.29, 0.717) is 34.9 Å². The van der Waals surface area contributed by atoms with Gasteiger partial charge in [-0.1, -0.05) is 69.3 Å². The molecule has 0 saturated heterocycles. The topological polar surface area (TPSA) is 125 Å². The number of aliphatic hydroxyl groups is 2. The summed E-state index contributed by atoms with van der Waals surface area (Å²) < 4.78 is 0. The van der Waals surface area contributed by atoms with Crippen LogP contribution in [0.5, 0.6) is 0 Å². The van der Waals surface area contributed by atoms with Crippen LogP contribution in [0.4, 0.5) is 5.69 Å². The zero-order valence-corrected chi connectivity index (χ0v) is 23.9. The lowest BCUT2D eigenvalue weighted by molar-refractivity contribution is 0.0878. The lowest BCUT2D eigenvalue weighted by Gasteiger charge is -2.19. The van der Waals surface area contributed by atoms with Gasteiger partial charge in [0.05, 0.1) is 0 Å². The monoisotopic (exact) mass is 552 g/mol. The molecule has 8 nitrogen and oxygen atoms in total. The van der Waals surface area contributed by atoms with Crippen molar-refractivity contribution in [1.29, 1.82) is 0 Å². The highest BCUT2D eigenvalue weighted by Crippen LogP contribution is 2.27. The number of anilines is 1. The molecule has 1 amide bonds. The largest absolute Gasteiger partial charge is 0.396 e. The third-order valence-corrected chi connectivity index (χ3v) is 7.09. The van der Waals surface area contributed by atoms with Gasteiger partial charge in [-0.2, -0.15) is 0 Å². The highest BCUT2D eigenvalue weighted by atomic mass is 16.3. The number of ketones is 1. The van der Waals surface area contributed by atoms with Gasteiger partial charge in [0.2, 0.25) is 0 Å². The van der Waals surface area contributed by atoms with E-state index >= 15 is 0 Å². The number of amides is 1. The Morgan fingerprint density at radius 1 is 0.878 bits per heavy atom. The average molecular weight is 553 g/mol. The Kier molecular flexibility index (Phi) is 9.37. The first-order chi connectivity index (χ1) is 19.6. The second kappa shape index (κ2) is 12.9. The summed E-state index contributed by atoms with van der Waals surface area (Å²) in [6, 6.07) is 20.4. The molecule has 0 spiro atoms. The van der Waals surface area contributed by atoms with E-state index in [2.05, 4.69) is 41.0 Å². The van der Waals surface area contributed by atoms with Crippen LogP contribution in [0.1, 0.15) is 70.4 Å². The molecule has 0 aliphatic heterocycles. The number of rotatable bonds is 10. The maximum atomic E-state index is 13.0. The Labute approximate surface area is 240 Å². The Morgan fingerprint density at radius 2 is 1.54 bits per heavy atom. The van der Waals surface area contributed by atoms with Crippen LogP contribution in [0.25, 0.3) is 11.4 Å². The Hall–Kier alpha value is -4.27. The second-order valence-electron chi connectivity index (χ2n) is 11.2. The number of Topliss-reactive ketones (excluding diaryl/α,β-unsaturated/α-hetero) is 1. The number of nitrogens with one attached hydrogen (secondary N) is 1. The quantitative estimate of drug-likeness (QED) is 0.232. The predicted molar refractivity (Wildman–Crippen MR) is 159 cm³/mol. The summed E-state index contributed by atoms with van der Waals surface area (Å²) in [5.41, 5.74) is 5.52. The molecule has 41 heavy (non-hydrogen) atoms. The van der Waals surface area contributed by atoms with Crippen molar-refractivity contribution in [3.05, 3.63) is 107 Å². The molecule has 1 heterocycles. The smallest absolute Gasteiger partial charge is 0.255 e. The molecule has 4 aromatic rings. The summed E-state index contributed by atoms with van der Waals surface area (Å²) >= 11 is 0. The van der Waals surface area contributed by atoms with Crippen molar-refractivity contribution in [2.24, 2.45) is 5.92 Å². The number of hydrogen-bond acceptors (Lipinski definition) is 7. The van der Waals surface area contributed by atoms with E-state index in [0.717, 1.165) is 22.3 Å². The van der Waals surface area contributed by atoms with Gasteiger partial charge in [0, 0.05) is 54.4 Å². The molecule has 0 bridgehead atoms. The van der Waals surface area contributed by atoms with Crippen LogP contribution in [0.15, 0.2) is 73.1 Å². The van der Waals surface area contributed by atoms with E-state index in [1.807, 2.05) is 61.5 Å². The van der Waals surface area contributed by atoms with Crippen LogP contribution in [-0.2, 0) is 11.8 Å². The summed E-state index contributed by atoms with van der Waals surface area (Å²) in [5.74, 6) is 0.302. The lowest BCUT2D eigenvalue weighted by Crippen LogP contribution is -2.16. The summed E-state index contributed by atoms with van der Waals surface area (Å²) in [7, 11) is 0. The molecule has 3 aromatic carbocycles. The minimum Gasteiger partial charge on any atom is -0.396 e. The number of aromatic nitrogens is 3. The summed E-state index contributed by atoms with van der Waals surface area (Å²) in [5, 5.41) is 21.5. The normalized spacial score (nSPS) is 11.5. The van der Waals surface area contributed by atoms with E-state index in [4.69, 9.17) is 0 Å². The highest BCUT2D eigenvalue weighted by molar-refractivity contribution is 6.05. The molecule has 0 unspecified atom stereocenters. The first kappa shape index (κ1) is 29.7. The van der Waals surface area contributed by atoms with E-state index < -0.39 is 5.92 Å².